The molecule has 0 spiro atoms. The SMILES string of the molecule is CCC(OC(=O)CCC(=O)C[S-](=P)=S)C(=O)N(CCCCN(CCCNC(=O)CCCCCCCCCO[C@@H]1OC(COC(C)=O)[C@H](OC(C)=O)[C@H](C)C1NC(C)=O)C(=O)CCCCCCCCCO[C@@H]1OC(COC(C)=O)[C@H](OC(C)=O)[C@H](C)C1NC(C)=O)CCCNC(=O)CCCCCCCCCO[C@@H]1OC(COC(C)=O)[C@H](OC(C)=O)[C@H](C)C1NC(C)=O. The summed E-state index contributed by atoms with van der Waals surface area (Å²) in [5.41, 5.74) is 0. The minimum absolute atomic E-state index is 0.0321. The van der Waals surface area contributed by atoms with Crippen molar-refractivity contribution < 1.29 is 133 Å². The summed E-state index contributed by atoms with van der Waals surface area (Å²) in [6.45, 7) is 21.3. The normalized spacial score (nSPS) is 22.3. The number of nitrogens with zero attached hydrogens (tertiary/aromatic N) is 2. The average molecular weight is 1850 g/mol. The maximum Gasteiger partial charge on any atom is 0.307 e. The van der Waals surface area contributed by atoms with E-state index in [0.717, 1.165) is 96.3 Å². The monoisotopic (exact) mass is 1850 g/mol. The molecule has 16 atom stereocenters. The minimum atomic E-state index is -1.13. The number of nitrogens with one attached hydrogen (secondary N) is 5. The van der Waals surface area contributed by atoms with E-state index in [1.54, 1.807) is 11.8 Å². The summed E-state index contributed by atoms with van der Waals surface area (Å²) in [5.74, 6) is -6.87. The highest BCUT2D eigenvalue weighted by Crippen LogP contribution is 2.34. The zero-order chi connectivity index (χ0) is 93.5. The number of unbranched alkanes of at least 4 members (excludes halogenated alkanes) is 19. The number of amides is 7. The molecule has 3 heterocycles. The van der Waals surface area contributed by atoms with Gasteiger partial charge in [-0.3, -0.25) is 86.3 Å². The zero-order valence-electron chi connectivity index (χ0n) is 77.0. The van der Waals surface area contributed by atoms with Gasteiger partial charge in [0, 0.05) is 165 Å². The predicted octanol–water partition coefficient (Wildman–Crippen LogP) is 8.74. The van der Waals surface area contributed by atoms with Crippen molar-refractivity contribution >= 4 is 117 Å². The summed E-state index contributed by atoms with van der Waals surface area (Å²) in [5, 5.41) is 14.6. The zero-order valence-corrected chi connectivity index (χ0v) is 79.6. The third-order valence-electron chi connectivity index (χ3n) is 22.0. The molecule has 0 radical (unpaired) electrons. The van der Waals surface area contributed by atoms with Crippen molar-refractivity contribution in [1.82, 2.24) is 36.4 Å². The van der Waals surface area contributed by atoms with Crippen LogP contribution in [-0.4, -0.2) is 263 Å². The van der Waals surface area contributed by atoms with Gasteiger partial charge in [-0.2, -0.15) is 0 Å². The largest absolute Gasteiger partial charge is 0.463 e. The number of ketones is 1. The molecule has 35 nitrogen and oxygen atoms in total. The Morgan fingerprint density at radius 3 is 1.02 bits per heavy atom. The molecule has 7 unspecified atom stereocenters. The van der Waals surface area contributed by atoms with Crippen LogP contribution in [0.4, 0.5) is 0 Å². The lowest BCUT2D eigenvalue weighted by molar-refractivity contribution is -0.262. The first-order valence-corrected chi connectivity index (χ1v) is 49.0. The van der Waals surface area contributed by atoms with Crippen LogP contribution < -0.4 is 26.6 Å². The third kappa shape index (κ3) is 49.0. The van der Waals surface area contributed by atoms with Gasteiger partial charge in [0.1, 0.15) is 62.2 Å². The first-order valence-electron chi connectivity index (χ1n) is 45.5. The second-order valence-electron chi connectivity index (χ2n) is 33.0. The van der Waals surface area contributed by atoms with Crippen LogP contribution in [0.1, 0.15) is 289 Å². The number of esters is 7. The number of hydrogen-bond acceptors (Lipinski definition) is 30. The van der Waals surface area contributed by atoms with Crippen molar-refractivity contribution in [3.05, 3.63) is 0 Å². The van der Waals surface area contributed by atoms with Crippen molar-refractivity contribution in [3.63, 3.8) is 0 Å². The summed E-state index contributed by atoms with van der Waals surface area (Å²) in [7, 11) is 2.53. The number of Topliss-reactive ketones (excluding diaryl/α,β-unsaturated/α-hetero) is 1. The molecule has 3 saturated heterocycles. The van der Waals surface area contributed by atoms with E-state index in [9.17, 15) is 71.9 Å². The van der Waals surface area contributed by atoms with Crippen molar-refractivity contribution in [3.8, 4) is 0 Å². The molecular formula is C88H149N7O28PS2-. The van der Waals surface area contributed by atoms with Gasteiger partial charge >= 0.3 is 41.8 Å². The van der Waals surface area contributed by atoms with E-state index in [4.69, 9.17) is 72.8 Å². The molecule has 7 amide bonds. The van der Waals surface area contributed by atoms with Crippen LogP contribution in [0.15, 0.2) is 0 Å². The maximum absolute atomic E-state index is 14.4. The van der Waals surface area contributed by atoms with Crippen molar-refractivity contribution in [2.24, 2.45) is 17.8 Å². The lowest BCUT2D eigenvalue weighted by Crippen LogP contribution is -2.62. The molecule has 126 heavy (non-hydrogen) atoms. The van der Waals surface area contributed by atoms with E-state index in [0.29, 0.717) is 123 Å². The third-order valence-corrected chi connectivity index (χ3v) is 23.3. The van der Waals surface area contributed by atoms with Gasteiger partial charge in [-0.05, 0) is 70.6 Å². The van der Waals surface area contributed by atoms with Gasteiger partial charge in [0.2, 0.25) is 35.4 Å². The van der Waals surface area contributed by atoms with Crippen LogP contribution in [0.25, 0.3) is 0 Å². The topological polar surface area (TPSA) is 443 Å². The van der Waals surface area contributed by atoms with Crippen molar-refractivity contribution in [2.75, 3.05) is 84.7 Å². The molecule has 0 bridgehead atoms. The van der Waals surface area contributed by atoms with Gasteiger partial charge in [0.05, 0.1) is 24.5 Å². The molecule has 38 heteroatoms. The van der Waals surface area contributed by atoms with Crippen LogP contribution in [0.3, 0.4) is 0 Å². The highest BCUT2D eigenvalue weighted by atomic mass is 32.9. The van der Waals surface area contributed by atoms with E-state index in [1.165, 1.54) is 62.3 Å². The fourth-order valence-corrected chi connectivity index (χ4v) is 16.8. The predicted molar refractivity (Wildman–Crippen MR) is 471 cm³/mol. The number of carbonyl (C=O) groups is 15. The molecule has 3 fully saturated rings. The maximum atomic E-state index is 14.4. The van der Waals surface area contributed by atoms with Crippen LogP contribution in [0, 0.1) is 17.8 Å². The molecule has 722 valence electrons. The van der Waals surface area contributed by atoms with Gasteiger partial charge in [-0.1, -0.05) is 130 Å². The van der Waals surface area contributed by atoms with Gasteiger partial charge in [0.15, 0.2) is 25.0 Å². The van der Waals surface area contributed by atoms with E-state index >= 15 is 0 Å². The van der Waals surface area contributed by atoms with Crippen LogP contribution in [0.2, 0.25) is 0 Å². The molecule has 0 aromatic heterocycles. The molecule has 3 aliphatic heterocycles. The second kappa shape index (κ2) is 65.4. The quantitative estimate of drug-likeness (QED) is 0.0125. The average Bonchev–Trinajstić information content (AvgIpc) is 0.805. The summed E-state index contributed by atoms with van der Waals surface area (Å²) in [6, 6.07) is -1.90. The summed E-state index contributed by atoms with van der Waals surface area (Å²) in [6.07, 6.45) is 11.6. The smallest absolute Gasteiger partial charge is 0.307 e. The fourth-order valence-electron chi connectivity index (χ4n) is 15.5. The molecule has 0 aromatic carbocycles. The Morgan fingerprint density at radius 1 is 0.389 bits per heavy atom. The molecule has 0 aromatic rings. The van der Waals surface area contributed by atoms with Crippen molar-refractivity contribution in [2.45, 2.75) is 369 Å². The molecule has 3 rings (SSSR count). The first-order chi connectivity index (χ1) is 60.0. The van der Waals surface area contributed by atoms with Crippen LogP contribution in [-0.2, 0) is 153 Å². The highest BCUT2D eigenvalue weighted by molar-refractivity contribution is 8.39. The van der Waals surface area contributed by atoms with E-state index in [2.05, 4.69) is 34.6 Å². The lowest BCUT2D eigenvalue weighted by Gasteiger charge is -2.44. The summed E-state index contributed by atoms with van der Waals surface area (Å²) < 4.78 is 74.9. The molecule has 5 N–H and O–H groups in total. The van der Waals surface area contributed by atoms with Gasteiger partial charge in [-0.15, -0.1) is 0 Å². The van der Waals surface area contributed by atoms with E-state index in [-0.39, 0.29) is 106 Å². The van der Waals surface area contributed by atoms with Crippen molar-refractivity contribution in [1.29, 1.82) is 0 Å². The Bertz CT molecular complexity index is 3420. The van der Waals surface area contributed by atoms with Crippen LogP contribution >= 0.6 is 8.02 Å². The Balaban J connectivity index is 1.59. The Kier molecular flexibility index (Phi) is 58.7. The van der Waals surface area contributed by atoms with Gasteiger partial charge in [-0.25, -0.2) is 0 Å². The molecular weight excluding hydrogens is 1700 g/mol. The number of hydrogen-bond donors (Lipinski definition) is 5. The minimum Gasteiger partial charge on any atom is -0.463 e. The summed E-state index contributed by atoms with van der Waals surface area (Å²) >= 11 is 5.11. The lowest BCUT2D eigenvalue weighted by atomic mass is 9.88. The Hall–Kier alpha value is -7.12. The Morgan fingerprint density at radius 2 is 0.698 bits per heavy atom. The second-order valence-corrected chi connectivity index (χ2v) is 37.6. The standard InChI is InChI=1S/C88H149N7O28PS2/c1-14-71(120-78(109)44-43-70(105)57-126(124)125)85(110)95(50-39-46-90-76(107)41-31-25-19-16-22-28-36-52-112-87-80(92-62(6)97)59(3)83(118-68(12)103)73(122-87)55-115-65(9)100)48-34-33-47-94(77(108)42-32-26-20-17-23-29-37-53-113-88-81(93-63(7)98)60(4)84(119-69(13)104)74(123-88)56-116-66(10)101)49-38-45-89-75(106)40-30-24-18-15-21-27-35-51-111-86-79(91-61(5)96)58(2)82(117-67(11)102)72(121-86)54-114-64(8)99/h58-60,71-74,79-84,86-88,124H,14-57H2,1-13H3,(H,89,106)(H,90,107)(H,91,96)(H,92,97)(H,93,98)/q-1/t58-,59-,60-,71?,72?,73?,74?,79?,80?,81?,82-,83-,84-,86-,87-,88-/m1/s1. The highest BCUT2D eigenvalue weighted by Gasteiger charge is 2.50. The van der Waals surface area contributed by atoms with Gasteiger partial charge < -0.3 is 111 Å². The molecule has 0 aliphatic carbocycles. The van der Waals surface area contributed by atoms with Crippen LogP contribution in [0.5, 0.6) is 0 Å². The molecule has 3 aliphatic rings. The number of ether oxygens (including phenoxy) is 13. The van der Waals surface area contributed by atoms with E-state index in [1.807, 2.05) is 25.7 Å². The molecule has 0 saturated carbocycles. The Labute approximate surface area is 754 Å². The van der Waals surface area contributed by atoms with E-state index < -0.39 is 154 Å². The summed E-state index contributed by atoms with van der Waals surface area (Å²) in [4.78, 5) is 192. The number of carbonyl (C=O) groups excluding carboxylic acids is 15. The van der Waals surface area contributed by atoms with Gasteiger partial charge in [0.25, 0.3) is 5.91 Å². The first kappa shape index (κ1) is 113. The number of rotatable bonds is 66. The fraction of sp³-hybridized carbons (Fsp3) is 0.830.